The summed E-state index contributed by atoms with van der Waals surface area (Å²) in [5.74, 6) is -1.17. The van der Waals surface area contributed by atoms with E-state index >= 15 is 0 Å². The highest BCUT2D eigenvalue weighted by atomic mass is 16.5. The fraction of sp³-hybridized carbons (Fsp3) is 0.211. The van der Waals surface area contributed by atoms with Crippen LogP contribution in [0.4, 0.5) is 10.5 Å². The molecule has 0 aliphatic carbocycles. The van der Waals surface area contributed by atoms with Crippen LogP contribution in [0.25, 0.3) is 0 Å². The van der Waals surface area contributed by atoms with Crippen molar-refractivity contribution in [2.45, 2.75) is 19.1 Å². The minimum Gasteiger partial charge on any atom is -0.469 e. The van der Waals surface area contributed by atoms with Crippen LogP contribution < -0.4 is 10.6 Å². The number of carbonyl (C=O) groups excluding carboxylic acids is 3. The van der Waals surface area contributed by atoms with E-state index in [9.17, 15) is 14.4 Å². The molecule has 0 unspecified atom stereocenters. The Balaban J connectivity index is 1.95. The molecular formula is C19H20N2O5. The molecule has 2 amide bonds. The first-order chi connectivity index (χ1) is 12.6. The second kappa shape index (κ2) is 9.83. The number of ether oxygens (including phenoxy) is 2. The highest BCUT2D eigenvalue weighted by molar-refractivity contribution is 5.98. The molecule has 136 valence electrons. The SMILES string of the molecule is COC(=O)C[C@H](NC(=O)OCc1ccccc1)C(=O)Nc1ccccc1. The summed E-state index contributed by atoms with van der Waals surface area (Å²) in [7, 11) is 1.21. The van der Waals surface area contributed by atoms with Gasteiger partial charge in [0.1, 0.15) is 12.6 Å². The van der Waals surface area contributed by atoms with Crippen molar-refractivity contribution in [3.05, 3.63) is 66.2 Å². The molecule has 7 nitrogen and oxygen atoms in total. The van der Waals surface area contributed by atoms with Crippen LogP contribution in [0.15, 0.2) is 60.7 Å². The summed E-state index contributed by atoms with van der Waals surface area (Å²) >= 11 is 0. The Morgan fingerprint density at radius 2 is 1.58 bits per heavy atom. The Kier molecular flexibility index (Phi) is 7.17. The highest BCUT2D eigenvalue weighted by Crippen LogP contribution is 2.08. The first kappa shape index (κ1) is 19.0. The lowest BCUT2D eigenvalue weighted by atomic mass is 10.2. The number of hydrogen-bond acceptors (Lipinski definition) is 5. The summed E-state index contributed by atoms with van der Waals surface area (Å²) in [6.45, 7) is 0.0535. The van der Waals surface area contributed by atoms with Gasteiger partial charge in [0, 0.05) is 5.69 Å². The monoisotopic (exact) mass is 356 g/mol. The normalized spacial score (nSPS) is 11.1. The van der Waals surface area contributed by atoms with Crippen molar-refractivity contribution < 1.29 is 23.9 Å². The number of anilines is 1. The number of benzene rings is 2. The van der Waals surface area contributed by atoms with E-state index in [4.69, 9.17) is 4.74 Å². The number of rotatable bonds is 7. The van der Waals surface area contributed by atoms with Crippen molar-refractivity contribution in [2.24, 2.45) is 0 Å². The molecule has 0 saturated carbocycles. The average Bonchev–Trinajstić information content (AvgIpc) is 2.67. The Morgan fingerprint density at radius 3 is 2.19 bits per heavy atom. The number of carbonyl (C=O) groups is 3. The van der Waals surface area contributed by atoms with Gasteiger partial charge in [-0.1, -0.05) is 48.5 Å². The Labute approximate surface area is 151 Å². The quantitative estimate of drug-likeness (QED) is 0.744. The summed E-state index contributed by atoms with van der Waals surface area (Å²) in [5.41, 5.74) is 1.35. The molecule has 7 heteroatoms. The number of esters is 1. The van der Waals surface area contributed by atoms with Crippen molar-refractivity contribution in [3.63, 3.8) is 0 Å². The van der Waals surface area contributed by atoms with E-state index in [2.05, 4.69) is 15.4 Å². The fourth-order valence-electron chi connectivity index (χ4n) is 2.12. The predicted molar refractivity (Wildman–Crippen MR) is 95.3 cm³/mol. The van der Waals surface area contributed by atoms with Crippen molar-refractivity contribution in [3.8, 4) is 0 Å². The van der Waals surface area contributed by atoms with Gasteiger partial charge in [-0.2, -0.15) is 0 Å². The number of para-hydroxylation sites is 1. The molecule has 0 fully saturated rings. The molecule has 0 spiro atoms. The molecule has 2 rings (SSSR count). The standard InChI is InChI=1S/C19H20N2O5/c1-25-17(22)12-16(18(23)20-15-10-6-3-7-11-15)21-19(24)26-13-14-8-4-2-5-9-14/h2-11,16H,12-13H2,1H3,(H,20,23)(H,21,24)/t16-/m0/s1. The maximum Gasteiger partial charge on any atom is 0.408 e. The van der Waals surface area contributed by atoms with Gasteiger partial charge in [0.25, 0.3) is 0 Å². The fourth-order valence-corrected chi connectivity index (χ4v) is 2.12. The van der Waals surface area contributed by atoms with Gasteiger partial charge in [0.15, 0.2) is 0 Å². The summed E-state index contributed by atoms with van der Waals surface area (Å²) in [4.78, 5) is 35.9. The van der Waals surface area contributed by atoms with Crippen LogP contribution in [0, 0.1) is 0 Å². The van der Waals surface area contributed by atoms with Gasteiger partial charge in [-0.05, 0) is 17.7 Å². The van der Waals surface area contributed by atoms with Crippen LogP contribution in [0.2, 0.25) is 0 Å². The molecule has 1 atom stereocenters. The minimum absolute atomic E-state index is 0.0535. The average molecular weight is 356 g/mol. The van der Waals surface area contributed by atoms with E-state index < -0.39 is 24.0 Å². The molecule has 0 saturated heterocycles. The largest absolute Gasteiger partial charge is 0.469 e. The Morgan fingerprint density at radius 1 is 0.962 bits per heavy atom. The van der Waals surface area contributed by atoms with E-state index in [0.29, 0.717) is 5.69 Å². The second-order valence-electron chi connectivity index (χ2n) is 5.39. The predicted octanol–water partition coefficient (Wildman–Crippen LogP) is 2.48. The van der Waals surface area contributed by atoms with Gasteiger partial charge < -0.3 is 20.1 Å². The van der Waals surface area contributed by atoms with Gasteiger partial charge in [0.05, 0.1) is 13.5 Å². The third-order valence-electron chi connectivity index (χ3n) is 3.46. The van der Waals surface area contributed by atoms with Crippen molar-refractivity contribution in [2.75, 3.05) is 12.4 Å². The third-order valence-corrected chi connectivity index (χ3v) is 3.46. The number of methoxy groups -OCH3 is 1. The first-order valence-corrected chi connectivity index (χ1v) is 7.98. The first-order valence-electron chi connectivity index (χ1n) is 7.98. The van der Waals surface area contributed by atoms with Crippen LogP contribution in [0.1, 0.15) is 12.0 Å². The summed E-state index contributed by atoms with van der Waals surface area (Å²) in [5, 5.41) is 5.03. The van der Waals surface area contributed by atoms with Gasteiger partial charge in [-0.25, -0.2) is 4.79 Å². The molecule has 0 aliphatic heterocycles. The maximum absolute atomic E-state index is 12.4. The van der Waals surface area contributed by atoms with Crippen LogP contribution >= 0.6 is 0 Å². The van der Waals surface area contributed by atoms with Gasteiger partial charge >= 0.3 is 12.1 Å². The van der Waals surface area contributed by atoms with Gasteiger partial charge in [-0.15, -0.1) is 0 Å². The zero-order valence-corrected chi connectivity index (χ0v) is 14.3. The van der Waals surface area contributed by atoms with E-state index in [-0.39, 0.29) is 13.0 Å². The van der Waals surface area contributed by atoms with E-state index in [1.165, 1.54) is 7.11 Å². The molecule has 26 heavy (non-hydrogen) atoms. The zero-order valence-electron chi connectivity index (χ0n) is 14.3. The molecular weight excluding hydrogens is 336 g/mol. The van der Waals surface area contributed by atoms with E-state index in [1.807, 2.05) is 18.2 Å². The molecule has 0 aromatic heterocycles. The summed E-state index contributed by atoms with van der Waals surface area (Å²) in [6, 6.07) is 16.7. The van der Waals surface area contributed by atoms with Crippen molar-refractivity contribution >= 4 is 23.7 Å². The second-order valence-corrected chi connectivity index (χ2v) is 5.39. The number of nitrogens with one attached hydrogen (secondary N) is 2. The molecule has 0 heterocycles. The van der Waals surface area contributed by atoms with Crippen molar-refractivity contribution in [1.29, 1.82) is 0 Å². The number of amides is 2. The summed E-state index contributed by atoms with van der Waals surface area (Å²) in [6.07, 6.45) is -1.11. The Hall–Kier alpha value is -3.35. The lowest BCUT2D eigenvalue weighted by Gasteiger charge is -2.17. The van der Waals surface area contributed by atoms with Gasteiger partial charge in [-0.3, -0.25) is 9.59 Å². The Bertz CT molecular complexity index is 734. The zero-order chi connectivity index (χ0) is 18.8. The molecule has 2 N–H and O–H groups in total. The number of hydrogen-bond donors (Lipinski definition) is 2. The molecule has 0 radical (unpaired) electrons. The van der Waals surface area contributed by atoms with Crippen LogP contribution in [0.3, 0.4) is 0 Å². The van der Waals surface area contributed by atoms with Gasteiger partial charge in [0.2, 0.25) is 5.91 Å². The highest BCUT2D eigenvalue weighted by Gasteiger charge is 2.25. The molecule has 2 aromatic carbocycles. The summed E-state index contributed by atoms with van der Waals surface area (Å²) < 4.78 is 9.67. The topological polar surface area (TPSA) is 93.7 Å². The number of alkyl carbamates (subject to hydrolysis) is 1. The smallest absolute Gasteiger partial charge is 0.408 e. The van der Waals surface area contributed by atoms with Crippen LogP contribution in [-0.4, -0.2) is 31.1 Å². The minimum atomic E-state index is -1.12. The third kappa shape index (κ3) is 6.27. The lowest BCUT2D eigenvalue weighted by Crippen LogP contribution is -2.45. The van der Waals surface area contributed by atoms with Crippen LogP contribution in [-0.2, 0) is 25.7 Å². The molecule has 0 aliphatic rings. The molecule has 0 bridgehead atoms. The van der Waals surface area contributed by atoms with E-state index in [1.54, 1.807) is 42.5 Å². The van der Waals surface area contributed by atoms with Crippen molar-refractivity contribution in [1.82, 2.24) is 5.32 Å². The lowest BCUT2D eigenvalue weighted by molar-refractivity contribution is -0.142. The van der Waals surface area contributed by atoms with E-state index in [0.717, 1.165) is 5.56 Å². The van der Waals surface area contributed by atoms with Crippen LogP contribution in [0.5, 0.6) is 0 Å². The molecule has 2 aromatic rings. The maximum atomic E-state index is 12.4.